The summed E-state index contributed by atoms with van der Waals surface area (Å²) in [5.41, 5.74) is 0. The highest BCUT2D eigenvalue weighted by molar-refractivity contribution is 7.55. The molecule has 10 heavy (non-hydrogen) atoms. The lowest BCUT2D eigenvalue weighted by molar-refractivity contribution is 0.386. The van der Waals surface area contributed by atoms with E-state index < -0.39 is 15.9 Å². The molecule has 0 amide bonds. The molecule has 0 aliphatic carbocycles. The average Bonchev–Trinajstić information content (AvgIpc) is 1.63. The predicted octanol–water partition coefficient (Wildman–Crippen LogP) is -0.332. The first-order valence-corrected chi connectivity index (χ1v) is 4.88. The van der Waals surface area contributed by atoms with Gasteiger partial charge in [-0.25, -0.2) is 0 Å². The maximum Gasteiger partial charge on any atom is 0.348 e. The maximum atomic E-state index is 9.58. The van der Waals surface area contributed by atoms with Crippen molar-refractivity contribution in [1.82, 2.24) is 0 Å². The molecule has 0 aliphatic heterocycles. The molecule has 0 bridgehead atoms. The van der Waals surface area contributed by atoms with Gasteiger partial charge in [-0.2, -0.15) is 0 Å². The van der Waals surface area contributed by atoms with Crippen molar-refractivity contribution in [3.63, 3.8) is 0 Å². The summed E-state index contributed by atoms with van der Waals surface area (Å²) < 4.78 is 18.3. The molecule has 0 atom stereocenters. The second-order valence-corrected chi connectivity index (χ2v) is 3.16. The lowest BCUT2D eigenvalue weighted by Crippen LogP contribution is -1.63. The smallest absolute Gasteiger partial charge is 0.326 e. The standard InChI is InChI=1S/C2H5O3P.H3O3P/c1-2-6(3,4)5;1-4(2)3/h2H,1H2,(H2,3,4,5);4H,(H2,1,2,3). The van der Waals surface area contributed by atoms with Gasteiger partial charge in [0.15, 0.2) is 0 Å². The monoisotopic (exact) mass is 190 g/mol. The van der Waals surface area contributed by atoms with Gasteiger partial charge in [0, 0.05) is 5.82 Å². The fraction of sp³-hybridized carbons (Fsp3) is 0. The summed E-state index contributed by atoms with van der Waals surface area (Å²) in [7, 11) is -7.01. The van der Waals surface area contributed by atoms with E-state index in [1.165, 1.54) is 0 Å². The lowest BCUT2D eigenvalue weighted by atomic mass is 11.3. The van der Waals surface area contributed by atoms with Crippen LogP contribution >= 0.6 is 15.9 Å². The van der Waals surface area contributed by atoms with Crippen molar-refractivity contribution in [3.8, 4) is 0 Å². The molecule has 0 unspecified atom stereocenters. The van der Waals surface area contributed by atoms with E-state index in [0.29, 0.717) is 5.82 Å². The van der Waals surface area contributed by atoms with Gasteiger partial charge < -0.3 is 19.6 Å². The van der Waals surface area contributed by atoms with E-state index in [1.54, 1.807) is 0 Å². The van der Waals surface area contributed by atoms with Crippen LogP contribution in [-0.2, 0) is 9.13 Å². The van der Waals surface area contributed by atoms with Crippen molar-refractivity contribution in [2.75, 3.05) is 0 Å². The second kappa shape index (κ2) is 5.80. The molecule has 0 aromatic carbocycles. The first-order chi connectivity index (χ1) is 4.29. The van der Waals surface area contributed by atoms with Crippen LogP contribution in [0.3, 0.4) is 0 Å². The lowest BCUT2D eigenvalue weighted by Gasteiger charge is -1.87. The van der Waals surface area contributed by atoms with Crippen molar-refractivity contribution >= 4 is 15.9 Å². The molecule has 0 aromatic rings. The van der Waals surface area contributed by atoms with Gasteiger partial charge in [0.2, 0.25) is 0 Å². The van der Waals surface area contributed by atoms with E-state index in [0.717, 1.165) is 0 Å². The summed E-state index contributed by atoms with van der Waals surface area (Å²) in [5, 5.41) is 0. The predicted molar refractivity (Wildman–Crippen MR) is 35.7 cm³/mol. The van der Waals surface area contributed by atoms with Crippen molar-refractivity contribution in [2.24, 2.45) is 0 Å². The largest absolute Gasteiger partial charge is 0.348 e. The highest BCUT2D eigenvalue weighted by Crippen LogP contribution is 2.34. The third-order valence-electron chi connectivity index (χ3n) is 0.238. The Morgan fingerprint density at radius 2 is 1.50 bits per heavy atom. The van der Waals surface area contributed by atoms with Gasteiger partial charge in [0.25, 0.3) is 0 Å². The quantitative estimate of drug-likeness (QED) is 0.420. The van der Waals surface area contributed by atoms with Gasteiger partial charge in [-0.1, -0.05) is 6.58 Å². The Bertz CT molecular complexity index is 153. The molecule has 8 heteroatoms. The Hall–Kier alpha value is 0.0400. The van der Waals surface area contributed by atoms with E-state index in [2.05, 4.69) is 6.58 Å². The SMILES string of the molecule is C=CP(=O)(O)O.O=[PH](O)O. The Morgan fingerprint density at radius 1 is 1.40 bits per heavy atom. The fourth-order valence-corrected chi connectivity index (χ4v) is 0. The summed E-state index contributed by atoms with van der Waals surface area (Å²) in [6.07, 6.45) is 0. The summed E-state index contributed by atoms with van der Waals surface area (Å²) in [6.45, 7) is 2.87. The van der Waals surface area contributed by atoms with Gasteiger partial charge in [-0.05, 0) is 0 Å². The Morgan fingerprint density at radius 3 is 1.50 bits per heavy atom. The van der Waals surface area contributed by atoms with Crippen LogP contribution in [0, 0.1) is 0 Å². The minimum atomic E-state index is -3.88. The van der Waals surface area contributed by atoms with Gasteiger partial charge in [0.05, 0.1) is 0 Å². The highest BCUT2D eigenvalue weighted by atomic mass is 31.2. The Kier molecular flexibility index (Phi) is 7.36. The average molecular weight is 190 g/mol. The van der Waals surface area contributed by atoms with E-state index in [-0.39, 0.29) is 0 Å². The van der Waals surface area contributed by atoms with Crippen molar-refractivity contribution in [3.05, 3.63) is 12.4 Å². The molecule has 0 rings (SSSR count). The molecule has 0 aromatic heterocycles. The zero-order valence-electron chi connectivity index (χ0n) is 4.84. The van der Waals surface area contributed by atoms with Crippen molar-refractivity contribution in [1.29, 1.82) is 0 Å². The molecular formula is C2H8O6P2. The van der Waals surface area contributed by atoms with Gasteiger partial charge >= 0.3 is 15.9 Å². The molecule has 4 N–H and O–H groups in total. The van der Waals surface area contributed by atoms with E-state index in [9.17, 15) is 4.57 Å². The minimum absolute atomic E-state index is 0.604. The van der Waals surface area contributed by atoms with E-state index in [4.69, 9.17) is 24.1 Å². The number of rotatable bonds is 1. The molecule has 0 aliphatic rings. The van der Waals surface area contributed by atoms with E-state index >= 15 is 0 Å². The first-order valence-electron chi connectivity index (χ1n) is 1.90. The molecule has 0 saturated carbocycles. The Labute approximate surface area is 57.9 Å². The molecule has 6 nitrogen and oxygen atoms in total. The first kappa shape index (κ1) is 12.7. The summed E-state index contributed by atoms with van der Waals surface area (Å²) in [5.74, 6) is 0.604. The van der Waals surface area contributed by atoms with E-state index in [1.807, 2.05) is 0 Å². The fourth-order valence-electron chi connectivity index (χ4n) is 0. The van der Waals surface area contributed by atoms with Crippen LogP contribution in [0.4, 0.5) is 0 Å². The highest BCUT2D eigenvalue weighted by Gasteiger charge is 2.00. The normalized spacial score (nSPS) is 10.1. The summed E-state index contributed by atoms with van der Waals surface area (Å²) >= 11 is 0. The molecule has 0 fully saturated rings. The van der Waals surface area contributed by atoms with Crippen LogP contribution in [0.2, 0.25) is 0 Å². The molecule has 0 saturated heterocycles. The zero-order valence-corrected chi connectivity index (χ0v) is 6.73. The van der Waals surface area contributed by atoms with Crippen LogP contribution in [-0.4, -0.2) is 19.6 Å². The van der Waals surface area contributed by atoms with Crippen LogP contribution in [0.1, 0.15) is 0 Å². The molecular weight excluding hydrogens is 182 g/mol. The van der Waals surface area contributed by atoms with Crippen LogP contribution in [0.5, 0.6) is 0 Å². The van der Waals surface area contributed by atoms with Crippen LogP contribution in [0.15, 0.2) is 12.4 Å². The third kappa shape index (κ3) is 43.1. The van der Waals surface area contributed by atoms with Gasteiger partial charge in [-0.15, -0.1) is 0 Å². The second-order valence-electron chi connectivity index (χ2n) is 1.05. The zero-order chi connectivity index (χ0) is 8.78. The summed E-state index contributed by atoms with van der Waals surface area (Å²) in [6, 6.07) is 0. The molecule has 0 spiro atoms. The van der Waals surface area contributed by atoms with Crippen LogP contribution < -0.4 is 0 Å². The molecule has 0 heterocycles. The summed E-state index contributed by atoms with van der Waals surface area (Å²) in [4.78, 5) is 30.0. The molecule has 62 valence electrons. The number of hydrogen-bond donors (Lipinski definition) is 4. The van der Waals surface area contributed by atoms with Crippen molar-refractivity contribution in [2.45, 2.75) is 0 Å². The Balaban J connectivity index is 0. The topological polar surface area (TPSA) is 115 Å². The third-order valence-corrected chi connectivity index (χ3v) is 0.714. The number of hydrogen-bond acceptors (Lipinski definition) is 2. The minimum Gasteiger partial charge on any atom is -0.326 e. The maximum absolute atomic E-state index is 9.58. The van der Waals surface area contributed by atoms with Gasteiger partial charge in [0.1, 0.15) is 0 Å². The van der Waals surface area contributed by atoms with Crippen LogP contribution in [0.25, 0.3) is 0 Å². The van der Waals surface area contributed by atoms with Crippen molar-refractivity contribution < 1.29 is 28.7 Å². The molecule has 0 radical (unpaired) electrons. The van der Waals surface area contributed by atoms with Gasteiger partial charge in [-0.3, -0.25) is 9.13 Å².